The van der Waals surface area contributed by atoms with E-state index < -0.39 is 0 Å². The van der Waals surface area contributed by atoms with Crippen molar-refractivity contribution in [3.05, 3.63) is 29.8 Å². The number of anilines is 1. The molecule has 0 fully saturated rings. The molecule has 0 bridgehead atoms. The Morgan fingerprint density at radius 1 is 1.35 bits per heavy atom. The van der Waals surface area contributed by atoms with Gasteiger partial charge in [-0.3, -0.25) is 9.59 Å². The van der Waals surface area contributed by atoms with E-state index >= 15 is 0 Å². The van der Waals surface area contributed by atoms with Crippen LogP contribution in [-0.2, 0) is 9.59 Å². The second kappa shape index (κ2) is 6.41. The van der Waals surface area contributed by atoms with Gasteiger partial charge >= 0.3 is 0 Å². The van der Waals surface area contributed by atoms with Crippen LogP contribution >= 0.6 is 0 Å². The standard InChI is InChI=1S/C15H21N3O2/c1-10(2)18-14(19)7-8-16-15(20)12-9-17-13-6-4-3-5-11(12)13/h3-6,10,12,17H,7-9H2,1-2H3,(H,16,20)(H,18,19). The van der Waals surface area contributed by atoms with Gasteiger partial charge < -0.3 is 16.0 Å². The average Bonchev–Trinajstić information content (AvgIpc) is 2.81. The van der Waals surface area contributed by atoms with Crippen molar-refractivity contribution in [1.82, 2.24) is 10.6 Å². The van der Waals surface area contributed by atoms with E-state index in [9.17, 15) is 9.59 Å². The number of amides is 2. The molecule has 5 heteroatoms. The molecule has 1 aromatic carbocycles. The lowest BCUT2D eigenvalue weighted by atomic mass is 10.0. The van der Waals surface area contributed by atoms with Gasteiger partial charge in [-0.15, -0.1) is 0 Å². The van der Waals surface area contributed by atoms with E-state index in [2.05, 4.69) is 16.0 Å². The van der Waals surface area contributed by atoms with Crippen molar-refractivity contribution in [2.75, 3.05) is 18.4 Å². The van der Waals surface area contributed by atoms with Gasteiger partial charge in [-0.1, -0.05) is 18.2 Å². The minimum Gasteiger partial charge on any atom is -0.384 e. The van der Waals surface area contributed by atoms with E-state index in [1.165, 1.54) is 0 Å². The monoisotopic (exact) mass is 275 g/mol. The third-order valence-corrected chi connectivity index (χ3v) is 3.25. The predicted octanol–water partition coefficient (Wildman–Crippen LogP) is 1.23. The van der Waals surface area contributed by atoms with E-state index in [0.717, 1.165) is 11.3 Å². The van der Waals surface area contributed by atoms with Gasteiger partial charge in [-0.2, -0.15) is 0 Å². The molecule has 108 valence electrons. The van der Waals surface area contributed by atoms with Gasteiger partial charge in [0.05, 0.1) is 5.92 Å². The van der Waals surface area contributed by atoms with Crippen molar-refractivity contribution in [3.8, 4) is 0 Å². The number of rotatable bonds is 5. The second-order valence-corrected chi connectivity index (χ2v) is 5.28. The molecule has 1 heterocycles. The molecule has 0 aliphatic carbocycles. The first kappa shape index (κ1) is 14.4. The number of hydrogen-bond acceptors (Lipinski definition) is 3. The van der Waals surface area contributed by atoms with Gasteiger partial charge in [0.25, 0.3) is 0 Å². The van der Waals surface area contributed by atoms with Crippen LogP contribution in [0.4, 0.5) is 5.69 Å². The maximum Gasteiger partial charge on any atom is 0.229 e. The van der Waals surface area contributed by atoms with Gasteiger partial charge in [-0.25, -0.2) is 0 Å². The zero-order valence-electron chi connectivity index (χ0n) is 11.9. The van der Waals surface area contributed by atoms with E-state index in [1.54, 1.807) is 0 Å². The Morgan fingerprint density at radius 2 is 2.10 bits per heavy atom. The molecular formula is C15H21N3O2. The molecule has 20 heavy (non-hydrogen) atoms. The topological polar surface area (TPSA) is 70.2 Å². The highest BCUT2D eigenvalue weighted by molar-refractivity contribution is 5.88. The number of carbonyl (C=O) groups excluding carboxylic acids is 2. The number of carbonyl (C=O) groups is 2. The molecule has 3 N–H and O–H groups in total. The molecule has 1 aromatic rings. The predicted molar refractivity (Wildman–Crippen MR) is 78.6 cm³/mol. The summed E-state index contributed by atoms with van der Waals surface area (Å²) in [5.41, 5.74) is 2.04. The Labute approximate surface area is 119 Å². The van der Waals surface area contributed by atoms with Crippen LogP contribution in [0, 0.1) is 0 Å². The highest BCUT2D eigenvalue weighted by Gasteiger charge is 2.27. The summed E-state index contributed by atoms with van der Waals surface area (Å²) in [6.07, 6.45) is 0.311. The van der Waals surface area contributed by atoms with Gasteiger partial charge in [-0.05, 0) is 25.5 Å². The first-order valence-electron chi connectivity index (χ1n) is 6.98. The molecule has 2 amide bonds. The lowest BCUT2D eigenvalue weighted by molar-refractivity contribution is -0.123. The summed E-state index contributed by atoms with van der Waals surface area (Å²) < 4.78 is 0. The van der Waals surface area contributed by atoms with Crippen LogP contribution < -0.4 is 16.0 Å². The Hall–Kier alpha value is -2.04. The lowest BCUT2D eigenvalue weighted by Crippen LogP contribution is -2.36. The minimum absolute atomic E-state index is 0.0280. The van der Waals surface area contributed by atoms with E-state index in [-0.39, 0.29) is 23.8 Å². The fraction of sp³-hybridized carbons (Fsp3) is 0.467. The molecule has 1 aliphatic heterocycles. The van der Waals surface area contributed by atoms with Crippen molar-refractivity contribution in [1.29, 1.82) is 0 Å². The Bertz CT molecular complexity index is 500. The Kier molecular flexibility index (Phi) is 4.61. The van der Waals surface area contributed by atoms with Crippen molar-refractivity contribution in [2.24, 2.45) is 0 Å². The van der Waals surface area contributed by atoms with Gasteiger partial charge in [0, 0.05) is 31.2 Å². The number of hydrogen-bond donors (Lipinski definition) is 3. The van der Waals surface area contributed by atoms with Crippen LogP contribution in [-0.4, -0.2) is 30.9 Å². The quantitative estimate of drug-likeness (QED) is 0.757. The molecular weight excluding hydrogens is 254 g/mol. The summed E-state index contributed by atoms with van der Waals surface area (Å²) in [5.74, 6) is -0.232. The van der Waals surface area contributed by atoms with Crippen LogP contribution in [0.2, 0.25) is 0 Å². The van der Waals surface area contributed by atoms with Crippen LogP contribution in [0.3, 0.4) is 0 Å². The summed E-state index contributed by atoms with van der Waals surface area (Å²) >= 11 is 0. The SMILES string of the molecule is CC(C)NC(=O)CCNC(=O)C1CNc2ccccc21. The van der Waals surface area contributed by atoms with Gasteiger partial charge in [0.15, 0.2) is 0 Å². The number of para-hydroxylation sites is 1. The van der Waals surface area contributed by atoms with Crippen molar-refractivity contribution in [3.63, 3.8) is 0 Å². The molecule has 2 rings (SSSR count). The summed E-state index contributed by atoms with van der Waals surface area (Å²) in [6.45, 7) is 4.81. The average molecular weight is 275 g/mol. The normalized spacial score (nSPS) is 16.4. The van der Waals surface area contributed by atoms with Gasteiger partial charge in [0.1, 0.15) is 0 Å². The molecule has 0 spiro atoms. The first-order chi connectivity index (χ1) is 9.58. The van der Waals surface area contributed by atoms with Crippen LogP contribution in [0.5, 0.6) is 0 Å². The number of nitrogens with one attached hydrogen (secondary N) is 3. The maximum absolute atomic E-state index is 12.1. The minimum atomic E-state index is -0.167. The van der Waals surface area contributed by atoms with Crippen LogP contribution in [0.1, 0.15) is 31.7 Å². The molecule has 1 aliphatic rings. The smallest absolute Gasteiger partial charge is 0.229 e. The Balaban J connectivity index is 1.81. The van der Waals surface area contributed by atoms with E-state index in [4.69, 9.17) is 0 Å². The van der Waals surface area contributed by atoms with Crippen LogP contribution in [0.15, 0.2) is 24.3 Å². The molecule has 5 nitrogen and oxygen atoms in total. The third kappa shape index (κ3) is 3.50. The summed E-state index contributed by atoms with van der Waals surface area (Å²) in [5, 5.41) is 8.85. The Morgan fingerprint density at radius 3 is 2.85 bits per heavy atom. The molecule has 0 aromatic heterocycles. The zero-order chi connectivity index (χ0) is 14.5. The van der Waals surface area contributed by atoms with Crippen molar-refractivity contribution < 1.29 is 9.59 Å². The summed E-state index contributed by atoms with van der Waals surface area (Å²) in [7, 11) is 0. The molecule has 1 atom stereocenters. The highest BCUT2D eigenvalue weighted by Crippen LogP contribution is 2.30. The third-order valence-electron chi connectivity index (χ3n) is 3.25. The fourth-order valence-corrected chi connectivity index (χ4v) is 2.33. The first-order valence-corrected chi connectivity index (χ1v) is 6.98. The van der Waals surface area contributed by atoms with E-state index in [0.29, 0.717) is 19.5 Å². The highest BCUT2D eigenvalue weighted by atomic mass is 16.2. The molecule has 1 unspecified atom stereocenters. The fourth-order valence-electron chi connectivity index (χ4n) is 2.33. The lowest BCUT2D eigenvalue weighted by Gasteiger charge is -2.12. The number of benzene rings is 1. The largest absolute Gasteiger partial charge is 0.384 e. The summed E-state index contributed by atoms with van der Waals surface area (Å²) in [4.78, 5) is 23.6. The molecule has 0 radical (unpaired) electrons. The maximum atomic E-state index is 12.1. The summed E-state index contributed by atoms with van der Waals surface area (Å²) in [6, 6.07) is 7.94. The molecule has 0 saturated heterocycles. The van der Waals surface area contributed by atoms with Crippen molar-refractivity contribution >= 4 is 17.5 Å². The zero-order valence-corrected chi connectivity index (χ0v) is 11.9. The number of fused-ring (bicyclic) bond motifs is 1. The van der Waals surface area contributed by atoms with Crippen LogP contribution in [0.25, 0.3) is 0 Å². The van der Waals surface area contributed by atoms with Crippen molar-refractivity contribution in [2.45, 2.75) is 32.2 Å². The van der Waals surface area contributed by atoms with E-state index in [1.807, 2.05) is 38.1 Å². The van der Waals surface area contributed by atoms with Gasteiger partial charge in [0.2, 0.25) is 11.8 Å². The second-order valence-electron chi connectivity index (χ2n) is 5.28. The molecule has 0 saturated carbocycles.